The number of amides is 1. The zero-order chi connectivity index (χ0) is 15.0. The average Bonchev–Trinajstić information content (AvgIpc) is 2.45. The molecule has 0 bridgehead atoms. The van der Waals surface area contributed by atoms with Crippen molar-refractivity contribution >= 4 is 5.91 Å². The largest absolute Gasteiger partial charge is 0.339 e. The molecule has 118 valence electrons. The minimum absolute atomic E-state index is 0.373. The van der Waals surface area contributed by atoms with Gasteiger partial charge in [0, 0.05) is 19.0 Å². The molecule has 0 saturated carbocycles. The molecule has 0 aromatic rings. The minimum atomic E-state index is 0.373. The van der Waals surface area contributed by atoms with Crippen molar-refractivity contribution in [3.8, 4) is 0 Å². The Hall–Kier alpha value is -0.570. The highest BCUT2D eigenvalue weighted by atomic mass is 16.2. The summed E-state index contributed by atoms with van der Waals surface area (Å²) in [5.74, 6) is 1.63. The van der Waals surface area contributed by atoms with Crippen LogP contribution < -0.4 is 5.32 Å². The van der Waals surface area contributed by atoms with Crippen molar-refractivity contribution in [1.29, 1.82) is 0 Å². The lowest BCUT2D eigenvalue weighted by Crippen LogP contribution is -2.42. The first-order valence-electron chi connectivity index (χ1n) is 8.58. The summed E-state index contributed by atoms with van der Waals surface area (Å²) in [5.41, 5.74) is 0. The molecular formula is C17H34N2O. The average molecular weight is 282 g/mol. The molecule has 20 heavy (non-hydrogen) atoms. The van der Waals surface area contributed by atoms with E-state index >= 15 is 0 Å². The third-order valence-corrected chi connectivity index (χ3v) is 4.43. The van der Waals surface area contributed by atoms with Crippen LogP contribution in [0.4, 0.5) is 0 Å². The highest BCUT2D eigenvalue weighted by Crippen LogP contribution is 2.19. The van der Waals surface area contributed by atoms with Gasteiger partial charge in [-0.3, -0.25) is 4.79 Å². The molecule has 1 heterocycles. The maximum absolute atomic E-state index is 12.6. The summed E-state index contributed by atoms with van der Waals surface area (Å²) < 4.78 is 0. The molecule has 0 aliphatic carbocycles. The molecule has 0 spiro atoms. The molecule has 1 amide bonds. The van der Waals surface area contributed by atoms with Crippen LogP contribution in [-0.2, 0) is 4.79 Å². The van der Waals surface area contributed by atoms with Gasteiger partial charge in [0.15, 0.2) is 0 Å². The standard InChI is InChI=1S/C17H34N2O/c1-5-16(6-2)19(13-14(3)4)17(20)10-9-15-8-7-11-18-12-15/h14-16,18H,5-13H2,1-4H3. The molecule has 1 atom stereocenters. The maximum atomic E-state index is 12.6. The fourth-order valence-corrected chi connectivity index (χ4v) is 3.22. The Morgan fingerprint density at radius 2 is 2.00 bits per heavy atom. The minimum Gasteiger partial charge on any atom is -0.339 e. The van der Waals surface area contributed by atoms with Crippen LogP contribution in [-0.4, -0.2) is 36.5 Å². The number of hydrogen-bond donors (Lipinski definition) is 1. The normalized spacial score (nSPS) is 19.6. The van der Waals surface area contributed by atoms with Crippen LogP contribution in [0.25, 0.3) is 0 Å². The van der Waals surface area contributed by atoms with Crippen molar-refractivity contribution in [2.75, 3.05) is 19.6 Å². The van der Waals surface area contributed by atoms with Crippen LogP contribution in [0.1, 0.15) is 66.2 Å². The molecule has 3 nitrogen and oxygen atoms in total. The topological polar surface area (TPSA) is 32.3 Å². The number of carbonyl (C=O) groups excluding carboxylic acids is 1. The lowest BCUT2D eigenvalue weighted by atomic mass is 9.94. The Labute approximate surface area is 125 Å². The third-order valence-electron chi connectivity index (χ3n) is 4.43. The molecule has 1 fully saturated rings. The van der Waals surface area contributed by atoms with Gasteiger partial charge in [0.05, 0.1) is 0 Å². The van der Waals surface area contributed by atoms with E-state index in [9.17, 15) is 4.79 Å². The highest BCUT2D eigenvalue weighted by Gasteiger charge is 2.23. The fraction of sp³-hybridized carbons (Fsp3) is 0.941. The number of nitrogens with zero attached hydrogens (tertiary/aromatic N) is 1. The lowest BCUT2D eigenvalue weighted by Gasteiger charge is -2.33. The molecule has 1 rings (SSSR count). The highest BCUT2D eigenvalue weighted by molar-refractivity contribution is 5.76. The summed E-state index contributed by atoms with van der Waals surface area (Å²) in [7, 11) is 0. The Kier molecular flexibility index (Phi) is 8.20. The van der Waals surface area contributed by atoms with Crippen molar-refractivity contribution in [1.82, 2.24) is 10.2 Å². The van der Waals surface area contributed by atoms with E-state index in [0.29, 0.717) is 23.8 Å². The number of rotatable bonds is 8. The van der Waals surface area contributed by atoms with E-state index in [-0.39, 0.29) is 0 Å². The van der Waals surface area contributed by atoms with Crippen molar-refractivity contribution < 1.29 is 4.79 Å². The third kappa shape index (κ3) is 5.82. The summed E-state index contributed by atoms with van der Waals surface area (Å²) in [6, 6.07) is 0.425. The molecule has 1 unspecified atom stereocenters. The second-order valence-electron chi connectivity index (χ2n) is 6.66. The predicted octanol–water partition coefficient (Wildman–Crippen LogP) is 3.44. The zero-order valence-electron chi connectivity index (χ0n) is 14.0. The van der Waals surface area contributed by atoms with Crippen molar-refractivity contribution in [2.24, 2.45) is 11.8 Å². The van der Waals surface area contributed by atoms with Crippen molar-refractivity contribution in [3.05, 3.63) is 0 Å². The number of carbonyl (C=O) groups is 1. The molecule has 0 radical (unpaired) electrons. The molecule has 0 aromatic carbocycles. The molecule has 1 aliphatic heterocycles. The Morgan fingerprint density at radius 1 is 1.30 bits per heavy atom. The summed E-state index contributed by atoms with van der Waals surface area (Å²) >= 11 is 0. The van der Waals surface area contributed by atoms with Gasteiger partial charge < -0.3 is 10.2 Å². The first-order valence-corrected chi connectivity index (χ1v) is 8.58. The monoisotopic (exact) mass is 282 g/mol. The van der Waals surface area contributed by atoms with Gasteiger partial charge in [0.2, 0.25) is 5.91 Å². The molecular weight excluding hydrogens is 248 g/mol. The van der Waals surface area contributed by atoms with Gasteiger partial charge in [-0.25, -0.2) is 0 Å². The second kappa shape index (κ2) is 9.38. The lowest BCUT2D eigenvalue weighted by molar-refractivity contribution is -0.134. The van der Waals surface area contributed by atoms with Crippen LogP contribution >= 0.6 is 0 Å². The summed E-state index contributed by atoms with van der Waals surface area (Å²) in [6.45, 7) is 12.0. The molecule has 1 saturated heterocycles. The Balaban J connectivity index is 2.48. The van der Waals surface area contributed by atoms with E-state index < -0.39 is 0 Å². The summed E-state index contributed by atoms with van der Waals surface area (Å²) in [5, 5.41) is 3.44. The van der Waals surface area contributed by atoms with Crippen molar-refractivity contribution in [3.63, 3.8) is 0 Å². The van der Waals surface area contributed by atoms with Crippen LogP contribution in [0.3, 0.4) is 0 Å². The first-order chi connectivity index (χ1) is 9.58. The van der Waals surface area contributed by atoms with E-state index in [1.165, 1.54) is 12.8 Å². The van der Waals surface area contributed by atoms with E-state index in [1.54, 1.807) is 0 Å². The summed E-state index contributed by atoms with van der Waals surface area (Å²) in [6.07, 6.45) is 6.48. The van der Waals surface area contributed by atoms with Crippen LogP contribution in [0.2, 0.25) is 0 Å². The van der Waals surface area contributed by atoms with Crippen molar-refractivity contribution in [2.45, 2.75) is 72.3 Å². The van der Waals surface area contributed by atoms with Gasteiger partial charge in [-0.15, -0.1) is 0 Å². The fourth-order valence-electron chi connectivity index (χ4n) is 3.22. The van der Waals surface area contributed by atoms with Crippen LogP contribution in [0.5, 0.6) is 0 Å². The maximum Gasteiger partial charge on any atom is 0.222 e. The summed E-state index contributed by atoms with van der Waals surface area (Å²) in [4.78, 5) is 14.7. The van der Waals surface area contributed by atoms with E-state index in [4.69, 9.17) is 0 Å². The van der Waals surface area contributed by atoms with Gasteiger partial charge >= 0.3 is 0 Å². The smallest absolute Gasteiger partial charge is 0.222 e. The van der Waals surface area contributed by atoms with Gasteiger partial charge in [-0.2, -0.15) is 0 Å². The zero-order valence-corrected chi connectivity index (χ0v) is 14.0. The van der Waals surface area contributed by atoms with Crippen LogP contribution in [0, 0.1) is 11.8 Å². The SMILES string of the molecule is CCC(CC)N(CC(C)C)C(=O)CCC1CCCNC1. The Bertz CT molecular complexity index is 268. The second-order valence-corrected chi connectivity index (χ2v) is 6.66. The Morgan fingerprint density at radius 3 is 2.50 bits per heavy atom. The van der Waals surface area contributed by atoms with E-state index in [2.05, 4.69) is 37.9 Å². The quantitative estimate of drug-likeness (QED) is 0.739. The van der Waals surface area contributed by atoms with Crippen LogP contribution in [0.15, 0.2) is 0 Å². The number of nitrogens with one attached hydrogen (secondary N) is 1. The molecule has 0 aromatic heterocycles. The van der Waals surface area contributed by atoms with Gasteiger partial charge in [-0.05, 0) is 57.0 Å². The number of piperidine rings is 1. The van der Waals surface area contributed by atoms with Gasteiger partial charge in [0.25, 0.3) is 0 Å². The van der Waals surface area contributed by atoms with E-state index in [0.717, 1.165) is 45.3 Å². The molecule has 3 heteroatoms. The predicted molar refractivity (Wildman–Crippen MR) is 85.7 cm³/mol. The van der Waals surface area contributed by atoms with Gasteiger partial charge in [0.1, 0.15) is 0 Å². The van der Waals surface area contributed by atoms with Gasteiger partial charge in [-0.1, -0.05) is 27.7 Å². The van der Waals surface area contributed by atoms with E-state index in [1.807, 2.05) is 0 Å². The molecule has 1 N–H and O–H groups in total. The number of hydrogen-bond acceptors (Lipinski definition) is 2. The molecule has 1 aliphatic rings. The first kappa shape index (κ1) is 17.5.